The van der Waals surface area contributed by atoms with E-state index in [-0.39, 0.29) is 5.78 Å². The zero-order valence-corrected chi connectivity index (χ0v) is 25.7. The van der Waals surface area contributed by atoms with Crippen LogP contribution in [-0.4, -0.2) is 74.6 Å². The van der Waals surface area contributed by atoms with Crippen LogP contribution in [0.4, 0.5) is 10.8 Å². The van der Waals surface area contributed by atoms with E-state index in [9.17, 15) is 9.59 Å². The Morgan fingerprint density at radius 2 is 1.65 bits per heavy atom. The second kappa shape index (κ2) is 14.3. The van der Waals surface area contributed by atoms with Crippen molar-refractivity contribution in [2.45, 2.75) is 25.8 Å². The third-order valence-electron chi connectivity index (χ3n) is 7.65. The van der Waals surface area contributed by atoms with E-state index in [1.807, 2.05) is 54.6 Å². The molecule has 0 unspecified atom stereocenters. The van der Waals surface area contributed by atoms with Gasteiger partial charge in [-0.15, -0.1) is 11.3 Å². The van der Waals surface area contributed by atoms with Crippen LogP contribution >= 0.6 is 11.3 Å². The molecule has 1 aliphatic rings. The first-order valence-electron chi connectivity index (χ1n) is 14.6. The highest BCUT2D eigenvalue weighted by Gasteiger charge is 2.23. The smallest absolute Gasteiger partial charge is 0.328 e. The molecule has 1 saturated heterocycles. The monoisotopic (exact) mass is 598 g/mol. The highest BCUT2D eigenvalue weighted by Crippen LogP contribution is 2.27. The van der Waals surface area contributed by atoms with Gasteiger partial charge in [0.05, 0.1) is 19.4 Å². The number of carbonyl (C=O) groups is 2. The van der Waals surface area contributed by atoms with Gasteiger partial charge in [0.2, 0.25) is 0 Å². The van der Waals surface area contributed by atoms with Crippen molar-refractivity contribution in [3.05, 3.63) is 106 Å². The van der Waals surface area contributed by atoms with Gasteiger partial charge in [-0.05, 0) is 43.8 Å². The van der Waals surface area contributed by atoms with Crippen LogP contribution < -0.4 is 15.0 Å². The van der Waals surface area contributed by atoms with Gasteiger partial charge in [-0.25, -0.2) is 9.78 Å². The van der Waals surface area contributed by atoms with Gasteiger partial charge in [-0.1, -0.05) is 54.6 Å². The van der Waals surface area contributed by atoms with E-state index < -0.39 is 12.0 Å². The van der Waals surface area contributed by atoms with Crippen LogP contribution in [-0.2, 0) is 22.4 Å². The summed E-state index contributed by atoms with van der Waals surface area (Å²) in [6.45, 7) is 6.80. The Morgan fingerprint density at radius 3 is 2.37 bits per heavy atom. The fraction of sp³-hybridized carbons (Fsp3) is 0.324. The molecule has 0 spiro atoms. The minimum Gasteiger partial charge on any atom is -0.493 e. The van der Waals surface area contributed by atoms with E-state index in [4.69, 9.17) is 14.5 Å². The summed E-state index contributed by atoms with van der Waals surface area (Å²) in [5.74, 6) is 0.242. The number of benzene rings is 3. The van der Waals surface area contributed by atoms with Gasteiger partial charge in [0.1, 0.15) is 11.8 Å². The maximum Gasteiger partial charge on any atom is 0.328 e. The molecule has 0 bridgehead atoms. The average molecular weight is 599 g/mol. The van der Waals surface area contributed by atoms with Gasteiger partial charge in [0.15, 0.2) is 10.9 Å². The van der Waals surface area contributed by atoms with Crippen molar-refractivity contribution in [2.75, 3.05) is 57.2 Å². The maximum atomic E-state index is 13.2. The lowest BCUT2D eigenvalue weighted by Crippen LogP contribution is -2.44. The van der Waals surface area contributed by atoms with Crippen molar-refractivity contribution in [3.63, 3.8) is 0 Å². The second-order valence-corrected chi connectivity index (χ2v) is 11.9. The summed E-state index contributed by atoms with van der Waals surface area (Å²) in [7, 11) is 3.53. The second-order valence-electron chi connectivity index (χ2n) is 10.7. The van der Waals surface area contributed by atoms with Crippen molar-refractivity contribution in [1.82, 2.24) is 9.88 Å². The van der Waals surface area contributed by atoms with Crippen LogP contribution in [0.15, 0.2) is 78.9 Å². The van der Waals surface area contributed by atoms with E-state index in [0.717, 1.165) is 54.7 Å². The average Bonchev–Trinajstić information content (AvgIpc) is 3.41. The molecule has 43 heavy (non-hydrogen) atoms. The zero-order valence-electron chi connectivity index (χ0n) is 24.9. The molecule has 224 valence electrons. The van der Waals surface area contributed by atoms with E-state index in [1.165, 1.54) is 12.0 Å². The molecule has 1 aliphatic heterocycles. The number of anilines is 2. The van der Waals surface area contributed by atoms with Crippen molar-refractivity contribution in [1.29, 1.82) is 0 Å². The highest BCUT2D eigenvalue weighted by atomic mass is 32.1. The predicted octanol–water partition coefficient (Wildman–Crippen LogP) is 5.25. The number of ether oxygens (including phenoxy) is 2. The maximum absolute atomic E-state index is 13.2. The van der Waals surface area contributed by atoms with E-state index >= 15 is 0 Å². The zero-order chi connectivity index (χ0) is 30.2. The van der Waals surface area contributed by atoms with Gasteiger partial charge in [0, 0.05) is 60.7 Å². The standard InChI is InChI=1S/C34H38N4O4S/c1-24-29(36-34(43-24)38-20-18-37(2)19-21-38)17-22-42-27-15-13-25(14-16-27)23-31(33(40)41-3)35-30-12-8-7-11-28(30)32(39)26-9-5-4-6-10-26/h4-16,31,35H,17-23H2,1-3H3/t31-/m0/s1. The van der Waals surface area contributed by atoms with E-state index in [2.05, 4.69) is 29.1 Å². The first kappa shape index (κ1) is 30.3. The Labute approximate surface area is 257 Å². The molecule has 3 aromatic carbocycles. The Morgan fingerprint density at radius 1 is 0.953 bits per heavy atom. The molecule has 0 saturated carbocycles. The lowest BCUT2D eigenvalue weighted by Gasteiger charge is -2.32. The van der Waals surface area contributed by atoms with Crippen molar-refractivity contribution < 1.29 is 19.1 Å². The van der Waals surface area contributed by atoms with Gasteiger partial charge in [-0.2, -0.15) is 0 Å². The molecule has 1 aromatic heterocycles. The number of hydrogen-bond donors (Lipinski definition) is 1. The van der Waals surface area contributed by atoms with Crippen LogP contribution in [0.2, 0.25) is 0 Å². The number of rotatable bonds is 12. The number of methoxy groups -OCH3 is 1. The number of nitrogens with zero attached hydrogens (tertiary/aromatic N) is 3. The normalized spacial score (nSPS) is 14.3. The number of thiazole rings is 1. The summed E-state index contributed by atoms with van der Waals surface area (Å²) >= 11 is 1.76. The number of ketones is 1. The first-order valence-corrected chi connectivity index (χ1v) is 15.4. The number of hydrogen-bond acceptors (Lipinski definition) is 9. The molecule has 4 aromatic rings. The third kappa shape index (κ3) is 7.80. The van der Waals surface area contributed by atoms with E-state index in [1.54, 1.807) is 35.6 Å². The number of para-hydroxylation sites is 1. The third-order valence-corrected chi connectivity index (χ3v) is 8.72. The molecule has 5 rings (SSSR count). The molecule has 1 atom stereocenters. The quantitative estimate of drug-likeness (QED) is 0.175. The summed E-state index contributed by atoms with van der Waals surface area (Å²) < 4.78 is 11.1. The molecular weight excluding hydrogens is 560 g/mol. The SMILES string of the molecule is COC(=O)[C@H](Cc1ccc(OCCc2nc(N3CCN(C)CC3)sc2C)cc1)Nc1ccccc1C(=O)c1ccccc1. The number of likely N-dealkylation sites (N-methyl/N-ethyl adjacent to an activating group) is 1. The topological polar surface area (TPSA) is 84.0 Å². The fourth-order valence-electron chi connectivity index (χ4n) is 5.08. The molecule has 1 N–H and O–H groups in total. The predicted molar refractivity (Wildman–Crippen MR) is 172 cm³/mol. The summed E-state index contributed by atoms with van der Waals surface area (Å²) in [6.07, 6.45) is 1.13. The van der Waals surface area contributed by atoms with Gasteiger partial charge < -0.3 is 24.6 Å². The fourth-order valence-corrected chi connectivity index (χ4v) is 6.08. The van der Waals surface area contributed by atoms with Crippen LogP contribution in [0, 0.1) is 6.92 Å². The van der Waals surface area contributed by atoms with Gasteiger partial charge in [0.25, 0.3) is 0 Å². The van der Waals surface area contributed by atoms with Crippen molar-refractivity contribution in [2.24, 2.45) is 0 Å². The Hall–Kier alpha value is -4.21. The number of aryl methyl sites for hydroxylation is 1. The molecule has 1 fully saturated rings. The minimum absolute atomic E-state index is 0.114. The Balaban J connectivity index is 1.18. The van der Waals surface area contributed by atoms with Crippen molar-refractivity contribution >= 4 is 33.9 Å². The molecule has 2 heterocycles. The lowest BCUT2D eigenvalue weighted by molar-refractivity contribution is -0.141. The first-order chi connectivity index (χ1) is 20.9. The lowest BCUT2D eigenvalue weighted by atomic mass is 10.00. The van der Waals surface area contributed by atoms with Crippen molar-refractivity contribution in [3.8, 4) is 5.75 Å². The number of piperazine rings is 1. The highest BCUT2D eigenvalue weighted by molar-refractivity contribution is 7.15. The molecule has 0 amide bonds. The molecular formula is C34H38N4O4S. The van der Waals surface area contributed by atoms with Crippen LogP contribution in [0.5, 0.6) is 5.75 Å². The van der Waals surface area contributed by atoms with Crippen LogP contribution in [0.25, 0.3) is 0 Å². The van der Waals surface area contributed by atoms with Gasteiger partial charge >= 0.3 is 5.97 Å². The number of esters is 1. The van der Waals surface area contributed by atoms with Crippen LogP contribution in [0.1, 0.15) is 32.1 Å². The van der Waals surface area contributed by atoms with Gasteiger partial charge in [-0.3, -0.25) is 4.79 Å². The summed E-state index contributed by atoms with van der Waals surface area (Å²) in [5.41, 5.74) is 3.70. The number of nitrogens with one attached hydrogen (secondary N) is 1. The number of carbonyl (C=O) groups excluding carboxylic acids is 2. The van der Waals surface area contributed by atoms with E-state index in [0.29, 0.717) is 29.8 Å². The molecule has 9 heteroatoms. The molecule has 0 aliphatic carbocycles. The summed E-state index contributed by atoms with van der Waals surface area (Å²) in [5, 5.41) is 4.36. The van der Waals surface area contributed by atoms with Crippen LogP contribution in [0.3, 0.4) is 0 Å². The molecule has 8 nitrogen and oxygen atoms in total. The summed E-state index contributed by atoms with van der Waals surface area (Å²) in [6, 6.07) is 23.4. The number of aromatic nitrogens is 1. The minimum atomic E-state index is -0.677. The Kier molecular flexibility index (Phi) is 10.1. The largest absolute Gasteiger partial charge is 0.493 e. The molecule has 0 radical (unpaired) electrons. The Bertz CT molecular complexity index is 1520. The summed E-state index contributed by atoms with van der Waals surface area (Å²) in [4.78, 5) is 36.8.